The van der Waals surface area contributed by atoms with Gasteiger partial charge in [0, 0.05) is 27.2 Å². The number of nitrogens with one attached hydrogen (secondary N) is 1. The maximum Gasteiger partial charge on any atom is 0.0775 e. The highest BCUT2D eigenvalue weighted by molar-refractivity contribution is 6.20. The molecular formula is C24H24N2. The number of aromatic amines is 1. The minimum absolute atomic E-state index is 0.0940. The van der Waals surface area contributed by atoms with Crippen molar-refractivity contribution in [3.05, 3.63) is 77.9 Å². The van der Waals surface area contributed by atoms with E-state index in [-0.39, 0.29) is 5.41 Å². The first-order valence-corrected chi connectivity index (χ1v) is 9.35. The van der Waals surface area contributed by atoms with E-state index in [1.807, 2.05) is 13.8 Å². The van der Waals surface area contributed by atoms with Gasteiger partial charge in [0.2, 0.25) is 0 Å². The van der Waals surface area contributed by atoms with Gasteiger partial charge in [-0.15, -0.1) is 0 Å². The number of hydrogen-bond acceptors (Lipinski definition) is 1. The molecule has 1 N–H and O–H groups in total. The third-order valence-electron chi connectivity index (χ3n) is 5.18. The molecule has 1 aromatic heterocycles. The molecule has 0 saturated heterocycles. The molecule has 2 heteroatoms. The summed E-state index contributed by atoms with van der Waals surface area (Å²) in [4.78, 5) is 8.64. The van der Waals surface area contributed by atoms with Crippen LogP contribution in [0, 0.1) is 0 Å². The van der Waals surface area contributed by atoms with Gasteiger partial charge in [0.15, 0.2) is 0 Å². The molecule has 0 spiro atoms. The maximum atomic E-state index is 5.12. The number of aliphatic imine (C=N–C) groups is 1. The Morgan fingerprint density at radius 3 is 2.23 bits per heavy atom. The Kier molecular flexibility index (Phi) is 3.91. The molecule has 1 aliphatic heterocycles. The van der Waals surface area contributed by atoms with Crippen LogP contribution in [0.5, 0.6) is 0 Å². The number of H-pyrrole nitrogens is 1. The topological polar surface area (TPSA) is 28.1 Å². The fourth-order valence-corrected chi connectivity index (χ4v) is 3.94. The Balaban J connectivity index is 0.000000814. The lowest BCUT2D eigenvalue weighted by Crippen LogP contribution is -2.26. The SMILES string of the molecule is CC.CC1(C)C(c2ccccc2)=Nc2c1ccc1[nH]c3ccccc3c21. The Morgan fingerprint density at radius 2 is 1.46 bits per heavy atom. The van der Waals surface area contributed by atoms with Gasteiger partial charge in [-0.2, -0.15) is 0 Å². The van der Waals surface area contributed by atoms with Crippen molar-refractivity contribution in [3.63, 3.8) is 0 Å². The largest absolute Gasteiger partial charge is 0.354 e. The van der Waals surface area contributed by atoms with E-state index in [4.69, 9.17) is 4.99 Å². The average molecular weight is 340 g/mol. The van der Waals surface area contributed by atoms with Crippen molar-refractivity contribution in [2.24, 2.45) is 4.99 Å². The predicted octanol–water partition coefficient (Wildman–Crippen LogP) is 6.76. The van der Waals surface area contributed by atoms with Gasteiger partial charge in [0.25, 0.3) is 0 Å². The smallest absolute Gasteiger partial charge is 0.0775 e. The van der Waals surface area contributed by atoms with Crippen molar-refractivity contribution in [1.82, 2.24) is 4.98 Å². The van der Waals surface area contributed by atoms with E-state index in [0.717, 1.165) is 16.9 Å². The summed E-state index contributed by atoms with van der Waals surface area (Å²) in [7, 11) is 0. The second-order valence-corrected chi connectivity index (χ2v) is 7.01. The van der Waals surface area contributed by atoms with Gasteiger partial charge in [-0.05, 0) is 23.3 Å². The highest BCUT2D eigenvalue weighted by atomic mass is 14.8. The third kappa shape index (κ3) is 2.29. The van der Waals surface area contributed by atoms with Gasteiger partial charge in [-0.25, -0.2) is 0 Å². The zero-order valence-electron chi connectivity index (χ0n) is 15.8. The van der Waals surface area contributed by atoms with Crippen molar-refractivity contribution < 1.29 is 0 Å². The first kappa shape index (κ1) is 16.6. The molecule has 5 rings (SSSR count). The first-order valence-electron chi connectivity index (χ1n) is 9.35. The molecule has 0 atom stereocenters. The van der Waals surface area contributed by atoms with Crippen LogP contribution in [-0.2, 0) is 5.41 Å². The fourth-order valence-electron chi connectivity index (χ4n) is 3.94. The summed E-state index contributed by atoms with van der Waals surface area (Å²) >= 11 is 0. The summed E-state index contributed by atoms with van der Waals surface area (Å²) in [5.41, 5.74) is 7.00. The summed E-state index contributed by atoms with van der Waals surface area (Å²) in [6.07, 6.45) is 0. The summed E-state index contributed by atoms with van der Waals surface area (Å²) in [5, 5.41) is 2.49. The van der Waals surface area contributed by atoms with Crippen LogP contribution >= 0.6 is 0 Å². The van der Waals surface area contributed by atoms with Crippen LogP contribution < -0.4 is 0 Å². The van der Waals surface area contributed by atoms with Crippen LogP contribution in [0.15, 0.2) is 71.7 Å². The summed E-state index contributed by atoms with van der Waals surface area (Å²) < 4.78 is 0. The van der Waals surface area contributed by atoms with E-state index in [0.29, 0.717) is 0 Å². The predicted molar refractivity (Wildman–Crippen MR) is 113 cm³/mol. The van der Waals surface area contributed by atoms with Crippen LogP contribution in [0.25, 0.3) is 21.8 Å². The molecule has 3 aromatic carbocycles. The van der Waals surface area contributed by atoms with E-state index in [1.54, 1.807) is 0 Å². The van der Waals surface area contributed by atoms with Gasteiger partial charge >= 0.3 is 0 Å². The van der Waals surface area contributed by atoms with E-state index in [9.17, 15) is 0 Å². The third-order valence-corrected chi connectivity index (χ3v) is 5.18. The molecule has 26 heavy (non-hydrogen) atoms. The van der Waals surface area contributed by atoms with Crippen molar-refractivity contribution in [3.8, 4) is 0 Å². The number of hydrogen-bond donors (Lipinski definition) is 1. The minimum atomic E-state index is -0.0940. The Labute approximate surface area is 154 Å². The molecule has 0 saturated carbocycles. The molecule has 2 heterocycles. The van der Waals surface area contributed by atoms with Gasteiger partial charge < -0.3 is 4.98 Å². The van der Waals surface area contributed by atoms with E-state index in [2.05, 4.69) is 85.6 Å². The van der Waals surface area contributed by atoms with Gasteiger partial charge in [-0.1, -0.05) is 82.3 Å². The second-order valence-electron chi connectivity index (χ2n) is 7.01. The van der Waals surface area contributed by atoms with Crippen molar-refractivity contribution in [2.45, 2.75) is 33.1 Å². The number of nitrogens with zero attached hydrogens (tertiary/aromatic N) is 1. The van der Waals surface area contributed by atoms with Crippen molar-refractivity contribution in [1.29, 1.82) is 0 Å². The Hall–Kier alpha value is -2.87. The lowest BCUT2D eigenvalue weighted by atomic mass is 9.78. The fraction of sp³-hybridized carbons (Fsp3) is 0.208. The molecule has 2 nitrogen and oxygen atoms in total. The number of fused-ring (bicyclic) bond motifs is 5. The highest BCUT2D eigenvalue weighted by Gasteiger charge is 2.36. The molecule has 130 valence electrons. The summed E-state index contributed by atoms with van der Waals surface area (Å²) in [5.74, 6) is 0. The van der Waals surface area contributed by atoms with Crippen LogP contribution in [0.1, 0.15) is 38.8 Å². The molecule has 0 amide bonds. The average Bonchev–Trinajstić information content (AvgIpc) is 3.19. The Bertz CT molecular complexity index is 1120. The lowest BCUT2D eigenvalue weighted by Gasteiger charge is -2.22. The first-order chi connectivity index (χ1) is 12.7. The van der Waals surface area contributed by atoms with E-state index in [1.165, 1.54) is 27.4 Å². The number of aromatic nitrogens is 1. The molecule has 4 aromatic rings. The zero-order valence-corrected chi connectivity index (χ0v) is 15.8. The molecule has 0 unspecified atom stereocenters. The van der Waals surface area contributed by atoms with Gasteiger partial charge in [0.1, 0.15) is 0 Å². The van der Waals surface area contributed by atoms with Crippen molar-refractivity contribution in [2.75, 3.05) is 0 Å². The van der Waals surface area contributed by atoms with E-state index < -0.39 is 0 Å². The lowest BCUT2D eigenvalue weighted by molar-refractivity contribution is 0.738. The Morgan fingerprint density at radius 1 is 0.769 bits per heavy atom. The monoisotopic (exact) mass is 340 g/mol. The molecule has 0 fully saturated rings. The normalized spacial score (nSPS) is 14.7. The zero-order chi connectivity index (χ0) is 18.3. The van der Waals surface area contributed by atoms with Crippen LogP contribution in [0.4, 0.5) is 5.69 Å². The highest BCUT2D eigenvalue weighted by Crippen LogP contribution is 2.47. The maximum absolute atomic E-state index is 5.12. The summed E-state index contributed by atoms with van der Waals surface area (Å²) in [6, 6.07) is 23.4. The van der Waals surface area contributed by atoms with Gasteiger partial charge in [-0.3, -0.25) is 4.99 Å². The second kappa shape index (κ2) is 6.14. The van der Waals surface area contributed by atoms with Crippen LogP contribution in [-0.4, -0.2) is 10.7 Å². The molecule has 0 bridgehead atoms. The number of rotatable bonds is 1. The molecule has 0 aliphatic carbocycles. The molecule has 0 radical (unpaired) electrons. The molecular weight excluding hydrogens is 316 g/mol. The standard InChI is InChI=1S/C22H18N2.C2H6/c1-22(2)16-12-13-18-19(15-10-6-7-11-17(15)23-18)20(16)24-21(22)14-8-4-3-5-9-14;1-2/h3-13,23H,1-2H3;1-2H3. The number of para-hydroxylation sites is 1. The number of benzene rings is 3. The van der Waals surface area contributed by atoms with Crippen molar-refractivity contribution >= 4 is 33.2 Å². The van der Waals surface area contributed by atoms with Crippen LogP contribution in [0.3, 0.4) is 0 Å². The summed E-state index contributed by atoms with van der Waals surface area (Å²) in [6.45, 7) is 8.54. The van der Waals surface area contributed by atoms with Gasteiger partial charge in [0.05, 0.1) is 11.4 Å². The van der Waals surface area contributed by atoms with E-state index >= 15 is 0 Å². The molecule has 1 aliphatic rings. The van der Waals surface area contributed by atoms with Crippen LogP contribution in [0.2, 0.25) is 0 Å². The minimum Gasteiger partial charge on any atom is -0.354 e. The quantitative estimate of drug-likeness (QED) is 0.396.